The molecule has 0 spiro atoms. The summed E-state index contributed by atoms with van der Waals surface area (Å²) in [5.74, 6) is 0.775. The van der Waals surface area contributed by atoms with Gasteiger partial charge in [0.25, 0.3) is 0 Å². The highest BCUT2D eigenvalue weighted by molar-refractivity contribution is 5.60. The van der Waals surface area contributed by atoms with Gasteiger partial charge in [-0.25, -0.2) is 0 Å². The summed E-state index contributed by atoms with van der Waals surface area (Å²) in [4.78, 5) is 0. The van der Waals surface area contributed by atoms with E-state index in [1.807, 2.05) is 35.9 Å². The van der Waals surface area contributed by atoms with Crippen LogP contribution in [0.3, 0.4) is 0 Å². The second-order valence-electron chi connectivity index (χ2n) is 3.77. The SMILES string of the molecule is Cn1cnnc1-c1ccc(NC=C(C#N)C#N)cc1. The maximum atomic E-state index is 8.60. The summed E-state index contributed by atoms with van der Waals surface area (Å²) in [6.07, 6.45) is 3.01. The highest BCUT2D eigenvalue weighted by atomic mass is 15.2. The van der Waals surface area contributed by atoms with Crippen LogP contribution in [0.2, 0.25) is 0 Å². The van der Waals surface area contributed by atoms with Gasteiger partial charge >= 0.3 is 0 Å². The van der Waals surface area contributed by atoms with Crippen molar-refractivity contribution in [3.63, 3.8) is 0 Å². The van der Waals surface area contributed by atoms with Crippen molar-refractivity contribution in [1.29, 1.82) is 10.5 Å². The van der Waals surface area contributed by atoms with Gasteiger partial charge in [-0.05, 0) is 24.3 Å². The summed E-state index contributed by atoms with van der Waals surface area (Å²) in [6.45, 7) is 0. The molecular formula is C13H10N6. The van der Waals surface area contributed by atoms with Gasteiger partial charge in [0.05, 0.1) is 0 Å². The predicted octanol–water partition coefficient (Wildman–Crippen LogP) is 1.83. The molecule has 0 aliphatic heterocycles. The fraction of sp³-hybridized carbons (Fsp3) is 0.0769. The first-order valence-electron chi connectivity index (χ1n) is 5.46. The van der Waals surface area contributed by atoms with Crippen LogP contribution in [0.5, 0.6) is 0 Å². The molecule has 19 heavy (non-hydrogen) atoms. The Labute approximate surface area is 110 Å². The number of hydrogen-bond donors (Lipinski definition) is 1. The van der Waals surface area contributed by atoms with Gasteiger partial charge in [-0.2, -0.15) is 10.5 Å². The van der Waals surface area contributed by atoms with Gasteiger partial charge in [0.15, 0.2) is 5.82 Å². The van der Waals surface area contributed by atoms with Crippen LogP contribution in [-0.2, 0) is 7.05 Å². The summed E-state index contributed by atoms with van der Waals surface area (Å²) in [7, 11) is 1.87. The fourth-order valence-corrected chi connectivity index (χ4v) is 1.51. The fourth-order valence-electron chi connectivity index (χ4n) is 1.51. The number of aryl methyl sites for hydroxylation is 1. The van der Waals surface area contributed by atoms with E-state index in [2.05, 4.69) is 15.5 Å². The molecule has 0 atom stereocenters. The van der Waals surface area contributed by atoms with Gasteiger partial charge in [0, 0.05) is 24.5 Å². The van der Waals surface area contributed by atoms with Crippen LogP contribution >= 0.6 is 0 Å². The number of nitrogens with zero attached hydrogens (tertiary/aromatic N) is 5. The topological polar surface area (TPSA) is 90.3 Å². The van der Waals surface area contributed by atoms with Crippen LogP contribution in [0, 0.1) is 22.7 Å². The number of nitrogens with one attached hydrogen (secondary N) is 1. The second kappa shape index (κ2) is 5.48. The van der Waals surface area contributed by atoms with E-state index in [4.69, 9.17) is 10.5 Å². The van der Waals surface area contributed by atoms with E-state index in [1.165, 1.54) is 6.20 Å². The zero-order valence-electron chi connectivity index (χ0n) is 10.2. The average Bonchev–Trinajstić information content (AvgIpc) is 2.87. The quantitative estimate of drug-likeness (QED) is 0.839. The highest BCUT2D eigenvalue weighted by Gasteiger charge is 2.03. The Hall–Kier alpha value is -3.12. The molecule has 1 aromatic heterocycles. The monoisotopic (exact) mass is 250 g/mol. The van der Waals surface area contributed by atoms with Crippen LogP contribution in [0.25, 0.3) is 11.4 Å². The summed E-state index contributed by atoms with van der Waals surface area (Å²) in [5.41, 5.74) is 1.75. The molecule has 0 unspecified atom stereocenters. The van der Waals surface area contributed by atoms with Gasteiger partial charge in [-0.15, -0.1) is 10.2 Å². The molecule has 0 radical (unpaired) electrons. The van der Waals surface area contributed by atoms with E-state index < -0.39 is 0 Å². The second-order valence-corrected chi connectivity index (χ2v) is 3.77. The molecule has 0 aliphatic rings. The Morgan fingerprint density at radius 2 is 1.95 bits per heavy atom. The number of aromatic nitrogens is 3. The average molecular weight is 250 g/mol. The molecule has 1 aromatic carbocycles. The molecule has 6 heteroatoms. The van der Waals surface area contributed by atoms with Gasteiger partial charge in [0.2, 0.25) is 0 Å². The van der Waals surface area contributed by atoms with E-state index in [0.29, 0.717) is 0 Å². The van der Waals surface area contributed by atoms with Crippen LogP contribution in [0.15, 0.2) is 42.4 Å². The molecule has 0 fully saturated rings. The van der Waals surface area contributed by atoms with E-state index in [-0.39, 0.29) is 5.57 Å². The minimum absolute atomic E-state index is 0.0253. The van der Waals surface area contributed by atoms with Crippen LogP contribution in [0.1, 0.15) is 0 Å². The standard InChI is InChI=1S/C13H10N6/c1-19-9-17-18-13(19)11-2-4-12(5-3-11)16-8-10(6-14)7-15/h2-5,8-9,16H,1H3. The molecule has 1 N–H and O–H groups in total. The highest BCUT2D eigenvalue weighted by Crippen LogP contribution is 2.18. The van der Waals surface area contributed by atoms with Gasteiger partial charge < -0.3 is 9.88 Å². The number of rotatable bonds is 3. The summed E-state index contributed by atoms with van der Waals surface area (Å²) < 4.78 is 1.83. The van der Waals surface area contributed by atoms with Gasteiger partial charge in [-0.3, -0.25) is 0 Å². The van der Waals surface area contributed by atoms with Crippen molar-refractivity contribution in [1.82, 2.24) is 14.8 Å². The molecule has 2 rings (SSSR count). The lowest BCUT2D eigenvalue weighted by molar-refractivity contribution is 0.920. The largest absolute Gasteiger partial charge is 0.360 e. The third kappa shape index (κ3) is 2.76. The Balaban J connectivity index is 2.17. The maximum Gasteiger partial charge on any atom is 0.163 e. The lowest BCUT2D eigenvalue weighted by atomic mass is 10.2. The molecule has 0 bridgehead atoms. The molecule has 0 amide bonds. The number of hydrogen-bond acceptors (Lipinski definition) is 5. The lowest BCUT2D eigenvalue weighted by Crippen LogP contribution is -1.93. The third-order valence-electron chi connectivity index (χ3n) is 2.48. The molecule has 6 nitrogen and oxygen atoms in total. The van der Waals surface area contributed by atoms with Crippen molar-refractivity contribution in [2.45, 2.75) is 0 Å². The van der Waals surface area contributed by atoms with Crippen molar-refractivity contribution < 1.29 is 0 Å². The third-order valence-corrected chi connectivity index (χ3v) is 2.48. The minimum Gasteiger partial charge on any atom is -0.360 e. The van der Waals surface area contributed by atoms with Crippen LogP contribution < -0.4 is 5.32 Å². The smallest absolute Gasteiger partial charge is 0.163 e. The molecule has 92 valence electrons. The molecule has 2 aromatic rings. The number of benzene rings is 1. The first kappa shape index (κ1) is 12.3. The molecule has 0 saturated heterocycles. The van der Waals surface area contributed by atoms with Gasteiger partial charge in [0.1, 0.15) is 24.0 Å². The van der Waals surface area contributed by atoms with E-state index >= 15 is 0 Å². The first-order chi connectivity index (χ1) is 9.24. The molecule has 0 aliphatic carbocycles. The normalized spacial score (nSPS) is 9.21. The van der Waals surface area contributed by atoms with Gasteiger partial charge in [-0.1, -0.05) is 0 Å². The maximum absolute atomic E-state index is 8.60. The Bertz CT molecular complexity index is 665. The van der Waals surface area contributed by atoms with Crippen molar-refractivity contribution in [3.8, 4) is 23.5 Å². The van der Waals surface area contributed by atoms with Crippen LogP contribution in [-0.4, -0.2) is 14.8 Å². The Morgan fingerprint density at radius 1 is 1.26 bits per heavy atom. The zero-order valence-corrected chi connectivity index (χ0v) is 10.2. The van der Waals surface area contributed by atoms with E-state index in [1.54, 1.807) is 18.5 Å². The minimum atomic E-state index is 0.0253. The van der Waals surface area contributed by atoms with Crippen molar-refractivity contribution in [2.24, 2.45) is 7.05 Å². The Morgan fingerprint density at radius 3 is 2.47 bits per heavy atom. The summed E-state index contributed by atoms with van der Waals surface area (Å²) in [6, 6.07) is 11.0. The summed E-state index contributed by atoms with van der Waals surface area (Å²) in [5, 5.41) is 27.9. The van der Waals surface area contributed by atoms with Crippen molar-refractivity contribution in [2.75, 3.05) is 5.32 Å². The summed E-state index contributed by atoms with van der Waals surface area (Å²) >= 11 is 0. The lowest BCUT2D eigenvalue weighted by Gasteiger charge is -2.03. The Kier molecular flexibility index (Phi) is 3.56. The predicted molar refractivity (Wildman–Crippen MR) is 69.4 cm³/mol. The number of nitriles is 2. The van der Waals surface area contributed by atoms with Crippen molar-refractivity contribution in [3.05, 3.63) is 42.4 Å². The zero-order chi connectivity index (χ0) is 13.7. The van der Waals surface area contributed by atoms with E-state index in [9.17, 15) is 0 Å². The molecular weight excluding hydrogens is 240 g/mol. The molecule has 1 heterocycles. The first-order valence-corrected chi connectivity index (χ1v) is 5.46. The molecule has 0 saturated carbocycles. The van der Waals surface area contributed by atoms with Crippen LogP contribution in [0.4, 0.5) is 5.69 Å². The number of allylic oxidation sites excluding steroid dienone is 1. The van der Waals surface area contributed by atoms with Crippen molar-refractivity contribution >= 4 is 5.69 Å². The number of anilines is 1. The van der Waals surface area contributed by atoms with E-state index in [0.717, 1.165) is 17.1 Å².